The predicted octanol–water partition coefficient (Wildman–Crippen LogP) is 4.32. The molecule has 0 radical (unpaired) electrons. The van der Waals surface area contributed by atoms with Gasteiger partial charge in [0.2, 0.25) is 5.78 Å². The predicted molar refractivity (Wildman–Crippen MR) is 111 cm³/mol. The lowest BCUT2D eigenvalue weighted by Crippen LogP contribution is -2.54. The molecule has 33 heavy (non-hydrogen) atoms. The minimum Gasteiger partial charge on any atom is -0.293 e. The van der Waals surface area contributed by atoms with E-state index < -0.39 is 57.5 Å². The highest BCUT2D eigenvalue weighted by Crippen LogP contribution is 2.65. The molecule has 1 saturated carbocycles. The van der Waals surface area contributed by atoms with Crippen LogP contribution in [0.15, 0.2) is 34.4 Å². The molecule has 8 heteroatoms. The zero-order valence-corrected chi connectivity index (χ0v) is 18.6. The molecule has 0 aromatic heterocycles. The fraction of sp³-hybridized carbons (Fsp3) is 0.480. The number of carbonyl (C=O) groups excluding carboxylic acids is 3. The number of hydrogen-bond acceptors (Lipinski definition) is 5. The molecule has 0 aromatic carbocycles. The summed E-state index contributed by atoms with van der Waals surface area (Å²) in [4.78, 5) is 37.5. The van der Waals surface area contributed by atoms with Crippen LogP contribution in [0.4, 0.5) is 13.2 Å². The third-order valence-electron chi connectivity index (χ3n) is 7.12. The summed E-state index contributed by atoms with van der Waals surface area (Å²) in [6, 6.07) is 3.48. The molecule has 0 aromatic rings. The second-order valence-corrected chi connectivity index (χ2v) is 9.49. The summed E-state index contributed by atoms with van der Waals surface area (Å²) >= 11 is 0. The van der Waals surface area contributed by atoms with E-state index in [9.17, 15) is 38.1 Å². The van der Waals surface area contributed by atoms with Gasteiger partial charge in [0.15, 0.2) is 11.6 Å². The van der Waals surface area contributed by atoms with Crippen LogP contribution in [0.3, 0.4) is 0 Å². The second-order valence-electron chi connectivity index (χ2n) is 9.49. The molecule has 0 spiro atoms. The Labute approximate surface area is 189 Å². The lowest BCUT2D eigenvalue weighted by Gasteiger charge is -2.57. The number of carbonyl (C=O) groups is 3. The summed E-state index contributed by atoms with van der Waals surface area (Å²) in [5.74, 6) is 2.78. The highest BCUT2D eigenvalue weighted by atomic mass is 19.4. The Kier molecular flexibility index (Phi) is 5.55. The van der Waals surface area contributed by atoms with Crippen LogP contribution >= 0.6 is 0 Å². The van der Waals surface area contributed by atoms with Gasteiger partial charge in [-0.15, -0.1) is 0 Å². The summed E-state index contributed by atoms with van der Waals surface area (Å²) in [7, 11) is 0. The molecular weight excluding hydrogens is 433 g/mol. The number of Topliss-reactive ketones (excluding diaryl/α,β-unsaturated/α-hetero) is 2. The maximum atomic E-state index is 13.6. The lowest BCUT2D eigenvalue weighted by molar-refractivity contribution is -0.131. The zero-order chi connectivity index (χ0) is 25.0. The van der Waals surface area contributed by atoms with E-state index in [0.29, 0.717) is 0 Å². The molecule has 0 N–H and O–H groups in total. The number of hydrogen-bond donors (Lipinski definition) is 0. The molecule has 0 heterocycles. The van der Waals surface area contributed by atoms with E-state index in [2.05, 4.69) is 11.8 Å². The van der Waals surface area contributed by atoms with Crippen molar-refractivity contribution in [2.24, 2.45) is 22.2 Å². The Morgan fingerprint density at radius 2 is 1.82 bits per heavy atom. The van der Waals surface area contributed by atoms with Gasteiger partial charge in [-0.3, -0.25) is 14.4 Å². The van der Waals surface area contributed by atoms with Gasteiger partial charge in [-0.1, -0.05) is 32.8 Å². The van der Waals surface area contributed by atoms with E-state index >= 15 is 0 Å². The number of fused-ring (bicyclic) bond motifs is 3. The van der Waals surface area contributed by atoms with Crippen molar-refractivity contribution in [2.45, 2.75) is 53.1 Å². The average molecular weight is 454 g/mol. The van der Waals surface area contributed by atoms with Crippen molar-refractivity contribution in [3.63, 3.8) is 0 Å². The van der Waals surface area contributed by atoms with Crippen LogP contribution in [0.2, 0.25) is 0 Å². The molecule has 0 bridgehead atoms. The smallest absolute Gasteiger partial charge is 0.293 e. The van der Waals surface area contributed by atoms with E-state index in [1.54, 1.807) is 26.8 Å². The second kappa shape index (κ2) is 7.56. The lowest BCUT2D eigenvalue weighted by atomic mass is 9.44. The van der Waals surface area contributed by atoms with Gasteiger partial charge in [0, 0.05) is 17.8 Å². The van der Waals surface area contributed by atoms with Crippen molar-refractivity contribution in [1.82, 2.24) is 0 Å². The maximum Gasteiger partial charge on any atom is 0.392 e. The Morgan fingerprint density at radius 1 is 1.18 bits per heavy atom. The fourth-order valence-electron chi connectivity index (χ4n) is 5.81. The molecule has 0 saturated heterocycles. The van der Waals surface area contributed by atoms with E-state index in [1.165, 1.54) is 13.0 Å². The molecule has 3 aliphatic carbocycles. The van der Waals surface area contributed by atoms with Gasteiger partial charge >= 0.3 is 6.18 Å². The van der Waals surface area contributed by atoms with Gasteiger partial charge in [0.25, 0.3) is 0 Å². The van der Waals surface area contributed by atoms with Crippen LogP contribution in [0.1, 0.15) is 47.0 Å². The molecule has 0 amide bonds. The maximum absolute atomic E-state index is 13.6. The van der Waals surface area contributed by atoms with Crippen LogP contribution < -0.4 is 0 Å². The SMILES string of the molecule is CC(=O)C#C[C@]12CC[C@H]3C(C)(C)C(=O)C(C#N)=C[C@]3(C)C1=CC(=O)C(C#N)=C2CC(F)(F)F. The summed E-state index contributed by atoms with van der Waals surface area (Å²) in [5, 5.41) is 19.1. The number of rotatable bonds is 1. The van der Waals surface area contributed by atoms with Gasteiger partial charge in [-0.2, -0.15) is 23.7 Å². The first-order valence-electron chi connectivity index (χ1n) is 10.3. The van der Waals surface area contributed by atoms with Gasteiger partial charge in [0.05, 0.1) is 17.4 Å². The Balaban J connectivity index is 2.42. The van der Waals surface area contributed by atoms with Crippen molar-refractivity contribution in [3.8, 4) is 24.0 Å². The van der Waals surface area contributed by atoms with Crippen molar-refractivity contribution in [2.75, 3.05) is 0 Å². The van der Waals surface area contributed by atoms with Gasteiger partial charge in [-0.25, -0.2) is 0 Å². The third-order valence-corrected chi connectivity index (χ3v) is 7.12. The van der Waals surface area contributed by atoms with Crippen molar-refractivity contribution in [1.29, 1.82) is 10.5 Å². The number of ketones is 3. The number of allylic oxidation sites excluding steroid dienone is 6. The van der Waals surface area contributed by atoms with Crippen LogP contribution in [-0.2, 0) is 14.4 Å². The molecule has 3 atom stereocenters. The van der Waals surface area contributed by atoms with Gasteiger partial charge < -0.3 is 0 Å². The minimum atomic E-state index is -4.74. The van der Waals surface area contributed by atoms with Crippen molar-refractivity contribution < 1.29 is 27.6 Å². The van der Waals surface area contributed by atoms with Crippen LogP contribution in [0.5, 0.6) is 0 Å². The summed E-state index contributed by atoms with van der Waals surface area (Å²) in [6.07, 6.45) is -3.51. The normalized spacial score (nSPS) is 30.5. The minimum absolute atomic E-state index is 0.00429. The summed E-state index contributed by atoms with van der Waals surface area (Å²) < 4.78 is 40.9. The molecule has 170 valence electrons. The van der Waals surface area contributed by atoms with Crippen molar-refractivity contribution in [3.05, 3.63) is 34.4 Å². The van der Waals surface area contributed by atoms with Gasteiger partial charge in [0.1, 0.15) is 17.7 Å². The van der Waals surface area contributed by atoms with Crippen LogP contribution in [0, 0.1) is 56.7 Å². The third kappa shape index (κ3) is 3.62. The number of nitrogens with zero attached hydrogens (tertiary/aromatic N) is 2. The molecular formula is C25H21F3N2O3. The standard InChI is InChI=1S/C25H21F3N2O3/c1-14(31)5-7-24-8-6-19-22(2,3)21(33)15(12-29)10-23(19,4)20(24)9-18(32)16(13-30)17(24)11-25(26,27)28/h9-10,19H,6,8,11H2,1-4H3/t19-,23-,24+/m0/s1. The Bertz CT molecular complexity index is 1220. The summed E-state index contributed by atoms with van der Waals surface area (Å²) in [6.45, 7) is 6.20. The highest BCUT2D eigenvalue weighted by molar-refractivity contribution is 6.10. The number of nitriles is 2. The molecule has 5 nitrogen and oxygen atoms in total. The van der Waals surface area contributed by atoms with E-state index in [4.69, 9.17) is 0 Å². The summed E-state index contributed by atoms with van der Waals surface area (Å²) in [5.41, 5.74) is -4.95. The van der Waals surface area contributed by atoms with Gasteiger partial charge in [-0.05, 0) is 41.9 Å². The average Bonchev–Trinajstić information content (AvgIpc) is 2.69. The monoisotopic (exact) mass is 454 g/mol. The molecule has 3 aliphatic rings. The van der Waals surface area contributed by atoms with Crippen molar-refractivity contribution >= 4 is 17.3 Å². The zero-order valence-electron chi connectivity index (χ0n) is 18.6. The van der Waals surface area contributed by atoms with E-state index in [1.807, 2.05) is 6.07 Å². The Hall–Kier alpha value is -3.44. The fourth-order valence-corrected chi connectivity index (χ4v) is 5.81. The Morgan fingerprint density at radius 3 is 2.33 bits per heavy atom. The molecule has 0 aliphatic heterocycles. The number of alkyl halides is 3. The highest BCUT2D eigenvalue weighted by Gasteiger charge is 2.62. The molecule has 3 rings (SSSR count). The quantitative estimate of drug-likeness (QED) is 0.434. The first kappa shape index (κ1) is 24.2. The van der Waals surface area contributed by atoms with Crippen LogP contribution in [0.25, 0.3) is 0 Å². The number of halogens is 3. The molecule has 0 unspecified atom stereocenters. The van der Waals surface area contributed by atoms with E-state index in [0.717, 1.165) is 6.08 Å². The topological polar surface area (TPSA) is 98.8 Å². The van der Waals surface area contributed by atoms with E-state index in [-0.39, 0.29) is 29.8 Å². The first-order chi connectivity index (χ1) is 15.1. The largest absolute Gasteiger partial charge is 0.392 e. The van der Waals surface area contributed by atoms with Crippen LogP contribution in [-0.4, -0.2) is 23.5 Å². The molecule has 1 fully saturated rings. The first-order valence-corrected chi connectivity index (χ1v) is 10.3.